The van der Waals surface area contributed by atoms with E-state index in [9.17, 15) is 19.2 Å². The first-order valence-electron chi connectivity index (χ1n) is 16.1. The van der Waals surface area contributed by atoms with Crippen LogP contribution in [0.2, 0.25) is 0 Å². The number of rotatable bonds is 8. The third kappa shape index (κ3) is 6.32. The maximum Gasteiger partial charge on any atom is 0.335 e. The number of aromatic nitrogens is 1. The van der Waals surface area contributed by atoms with Crippen molar-refractivity contribution in [1.29, 1.82) is 0 Å². The predicted octanol–water partition coefficient (Wildman–Crippen LogP) is 2.13. The molecule has 2 unspecified atom stereocenters. The molecule has 12 nitrogen and oxygen atoms in total. The van der Waals surface area contributed by atoms with Gasteiger partial charge in [0.1, 0.15) is 5.82 Å². The van der Waals surface area contributed by atoms with Gasteiger partial charge in [-0.2, -0.15) is 4.37 Å². The number of anilines is 1. The van der Waals surface area contributed by atoms with Crippen molar-refractivity contribution in [3.63, 3.8) is 0 Å². The first-order chi connectivity index (χ1) is 21.6. The molecule has 3 heterocycles. The highest BCUT2D eigenvalue weighted by molar-refractivity contribution is 7.13. The highest BCUT2D eigenvalue weighted by Crippen LogP contribution is 2.56. The van der Waals surface area contributed by atoms with Gasteiger partial charge in [0.2, 0.25) is 11.8 Å². The SMILES string of the molecule is O=C(O)C(O)C(O)C(=O)O.O=C1[C@@H]2[C@H]3CC[C@@H](C3)[C@@H]2C(=O)N1C[C@@H]1CCCC[C@H]1CN1CCN(c2nsc3ccccc23)CC1. The van der Waals surface area contributed by atoms with E-state index in [1.807, 2.05) is 0 Å². The monoisotopic (exact) mass is 642 g/mol. The molecule has 0 radical (unpaired) electrons. The van der Waals surface area contributed by atoms with E-state index in [0.717, 1.165) is 64.2 Å². The lowest BCUT2D eigenvalue weighted by molar-refractivity contribution is -0.165. The number of carbonyl (C=O) groups excluding carboxylic acids is 2. The summed E-state index contributed by atoms with van der Waals surface area (Å²) in [5.41, 5.74) is 0. The number of aliphatic hydroxyl groups excluding tert-OH is 2. The maximum atomic E-state index is 13.3. The number of imide groups is 1. The third-order valence-corrected chi connectivity index (χ3v) is 11.6. The maximum absolute atomic E-state index is 13.3. The van der Waals surface area contributed by atoms with Gasteiger partial charge in [0, 0.05) is 44.7 Å². The summed E-state index contributed by atoms with van der Waals surface area (Å²) in [6.07, 6.45) is 3.82. The van der Waals surface area contributed by atoms with Gasteiger partial charge >= 0.3 is 11.9 Å². The van der Waals surface area contributed by atoms with Crippen LogP contribution < -0.4 is 4.90 Å². The summed E-state index contributed by atoms with van der Waals surface area (Å²) in [4.78, 5) is 52.9. The second kappa shape index (κ2) is 13.3. The molecule has 5 aliphatic rings. The molecule has 45 heavy (non-hydrogen) atoms. The lowest BCUT2D eigenvalue weighted by Gasteiger charge is -2.40. The molecule has 1 aromatic heterocycles. The third-order valence-electron chi connectivity index (χ3n) is 10.8. The molecule has 13 heteroatoms. The van der Waals surface area contributed by atoms with Crippen molar-refractivity contribution in [2.24, 2.45) is 35.5 Å². The van der Waals surface area contributed by atoms with E-state index in [1.165, 1.54) is 29.3 Å². The number of benzene rings is 1. The Morgan fingerprint density at radius 1 is 0.822 bits per heavy atom. The Balaban J connectivity index is 0.000000311. The van der Waals surface area contributed by atoms with Crippen LogP contribution >= 0.6 is 11.5 Å². The number of hydrogen-bond acceptors (Lipinski definition) is 10. The molecule has 3 aliphatic carbocycles. The van der Waals surface area contributed by atoms with Crippen molar-refractivity contribution in [2.45, 2.75) is 57.2 Å². The molecule has 7 rings (SSSR count). The zero-order chi connectivity index (χ0) is 31.8. The average Bonchev–Trinajstić information content (AvgIpc) is 3.82. The molecule has 2 bridgehead atoms. The lowest BCUT2D eigenvalue weighted by Crippen LogP contribution is -2.49. The summed E-state index contributed by atoms with van der Waals surface area (Å²) < 4.78 is 6.02. The van der Waals surface area contributed by atoms with Gasteiger partial charge in [-0.15, -0.1) is 0 Å². The number of aliphatic carboxylic acids is 2. The standard InChI is InChI=1S/C28H36N4O2S.C4H6O6/c33-27-24-18-9-10-19(15-18)25(24)28(34)32(27)17-21-6-2-1-5-20(21)16-30-11-13-31(14-12-30)26-22-7-3-4-8-23(22)35-29-26;5-1(3(7)8)2(6)4(9)10/h3-4,7-8,18-21,24-25H,1-2,5-6,9-17H2;1-2,5-6H,(H,7,8)(H,9,10)/t18-,19-,20-,21-,24-,25+;/m0./s1. The zero-order valence-electron chi connectivity index (χ0n) is 25.2. The van der Waals surface area contributed by atoms with Crippen LogP contribution in [-0.4, -0.2) is 110 Å². The fourth-order valence-corrected chi connectivity index (χ4v) is 9.29. The fourth-order valence-electron chi connectivity index (χ4n) is 8.49. The minimum atomic E-state index is -2.27. The van der Waals surface area contributed by atoms with Gasteiger partial charge in [-0.1, -0.05) is 25.0 Å². The first-order valence-corrected chi connectivity index (χ1v) is 16.9. The molecule has 0 spiro atoms. The van der Waals surface area contributed by atoms with Crippen LogP contribution in [0.15, 0.2) is 24.3 Å². The number of carboxylic acid groups (broad SMARTS) is 2. The molecule has 2 amide bonds. The molecule has 3 saturated carbocycles. The van der Waals surface area contributed by atoms with Gasteiger partial charge in [-0.25, -0.2) is 9.59 Å². The van der Waals surface area contributed by atoms with Crippen molar-refractivity contribution >= 4 is 51.2 Å². The molecular formula is C32H42N4O8S. The Hall–Kier alpha value is -3.13. The quantitative estimate of drug-likeness (QED) is 0.311. The number of hydrogen-bond donors (Lipinski definition) is 4. The Bertz CT molecular complexity index is 1380. The summed E-state index contributed by atoms with van der Waals surface area (Å²) in [6.45, 7) is 5.93. The van der Waals surface area contributed by atoms with Crippen LogP contribution in [0.25, 0.3) is 10.1 Å². The van der Waals surface area contributed by atoms with Gasteiger partial charge in [0.15, 0.2) is 12.2 Å². The molecule has 4 N–H and O–H groups in total. The summed E-state index contributed by atoms with van der Waals surface area (Å²) in [5, 5.41) is 33.8. The predicted molar refractivity (Wildman–Crippen MR) is 166 cm³/mol. The van der Waals surface area contributed by atoms with Crippen LogP contribution in [0.3, 0.4) is 0 Å². The van der Waals surface area contributed by atoms with E-state index in [1.54, 1.807) is 16.4 Å². The molecule has 2 aromatic rings. The van der Waals surface area contributed by atoms with Crippen molar-refractivity contribution in [3.05, 3.63) is 24.3 Å². The van der Waals surface area contributed by atoms with Crippen LogP contribution in [-0.2, 0) is 19.2 Å². The van der Waals surface area contributed by atoms with E-state index >= 15 is 0 Å². The Morgan fingerprint density at radius 2 is 1.38 bits per heavy atom. The van der Waals surface area contributed by atoms with E-state index in [0.29, 0.717) is 30.2 Å². The van der Waals surface area contributed by atoms with Crippen LogP contribution in [0.5, 0.6) is 0 Å². The van der Waals surface area contributed by atoms with Gasteiger partial charge in [-0.3, -0.25) is 19.4 Å². The summed E-state index contributed by atoms with van der Waals surface area (Å²) in [6, 6.07) is 8.54. The second-order valence-corrected chi connectivity index (χ2v) is 14.1. The second-order valence-electron chi connectivity index (χ2n) is 13.3. The van der Waals surface area contributed by atoms with Crippen LogP contribution in [0.4, 0.5) is 5.82 Å². The van der Waals surface area contributed by atoms with Crippen molar-refractivity contribution in [2.75, 3.05) is 44.2 Å². The molecule has 2 aliphatic heterocycles. The van der Waals surface area contributed by atoms with Crippen LogP contribution in [0, 0.1) is 35.5 Å². The number of carboxylic acids is 2. The molecular weight excluding hydrogens is 600 g/mol. The van der Waals surface area contributed by atoms with Crippen LogP contribution in [0.1, 0.15) is 44.9 Å². The minimum absolute atomic E-state index is 0.0261. The molecule has 5 fully saturated rings. The van der Waals surface area contributed by atoms with Gasteiger partial charge in [0.25, 0.3) is 0 Å². The number of carbonyl (C=O) groups is 4. The molecule has 244 valence electrons. The molecule has 8 atom stereocenters. The van der Waals surface area contributed by atoms with Crippen molar-refractivity contribution in [3.8, 4) is 0 Å². The van der Waals surface area contributed by atoms with Gasteiger partial charge in [-0.05, 0) is 79.4 Å². The summed E-state index contributed by atoms with van der Waals surface area (Å²) >= 11 is 1.60. The van der Waals surface area contributed by atoms with Gasteiger partial charge in [0.05, 0.1) is 16.5 Å². The molecule has 2 saturated heterocycles. The Labute approximate surface area is 265 Å². The zero-order valence-corrected chi connectivity index (χ0v) is 26.1. The Kier molecular flexibility index (Phi) is 9.42. The smallest absolute Gasteiger partial charge is 0.335 e. The fraction of sp³-hybridized carbons (Fsp3) is 0.656. The normalized spacial score (nSPS) is 31.1. The highest BCUT2D eigenvalue weighted by Gasteiger charge is 2.61. The van der Waals surface area contributed by atoms with Crippen molar-refractivity contribution < 1.29 is 39.6 Å². The molecule has 1 aromatic carbocycles. The largest absolute Gasteiger partial charge is 0.479 e. The minimum Gasteiger partial charge on any atom is -0.479 e. The van der Waals surface area contributed by atoms with Crippen molar-refractivity contribution in [1.82, 2.24) is 14.2 Å². The van der Waals surface area contributed by atoms with E-state index < -0.39 is 24.1 Å². The number of likely N-dealkylation sites (tertiary alicyclic amines) is 1. The first kappa shape index (κ1) is 31.8. The summed E-state index contributed by atoms with van der Waals surface area (Å²) in [5.74, 6) is 0.0510. The number of amides is 2. The number of fused-ring (bicyclic) bond motifs is 6. The van der Waals surface area contributed by atoms with Gasteiger partial charge < -0.3 is 25.3 Å². The summed E-state index contributed by atoms with van der Waals surface area (Å²) in [7, 11) is 0. The van der Waals surface area contributed by atoms with E-state index in [-0.39, 0.29) is 23.7 Å². The van der Waals surface area contributed by atoms with E-state index in [2.05, 4.69) is 34.1 Å². The Morgan fingerprint density at radius 3 is 1.96 bits per heavy atom. The number of piperazine rings is 1. The highest BCUT2D eigenvalue weighted by atomic mass is 32.1. The number of nitrogens with zero attached hydrogens (tertiary/aromatic N) is 4. The number of aliphatic hydroxyl groups is 2. The lowest BCUT2D eigenvalue weighted by atomic mass is 9.78. The topological polar surface area (TPSA) is 172 Å². The van der Waals surface area contributed by atoms with E-state index in [4.69, 9.17) is 24.8 Å². The average molecular weight is 643 g/mol.